The van der Waals surface area contributed by atoms with Gasteiger partial charge in [-0.1, -0.05) is 24.3 Å². The Morgan fingerprint density at radius 2 is 1.86 bits per heavy atom. The molecule has 2 aromatic carbocycles. The first-order valence-corrected chi connectivity index (χ1v) is 6.55. The molecule has 0 fully saturated rings. The Balaban J connectivity index is 2.22. The minimum absolute atomic E-state index is 0.247. The van der Waals surface area contributed by atoms with E-state index in [0.717, 1.165) is 11.6 Å². The summed E-state index contributed by atoms with van der Waals surface area (Å²) >= 11 is 0. The van der Waals surface area contributed by atoms with E-state index in [9.17, 15) is 13.9 Å². The van der Waals surface area contributed by atoms with Crippen molar-refractivity contribution in [3.05, 3.63) is 64.9 Å². The number of halogens is 2. The number of hydrogen-bond donors (Lipinski definition) is 1. The molecule has 0 radical (unpaired) electrons. The molecule has 108 valence electrons. The molecule has 0 spiro atoms. The molecule has 3 rings (SSSR count). The van der Waals surface area contributed by atoms with Crippen LogP contribution in [0.2, 0.25) is 0 Å². The van der Waals surface area contributed by atoms with Gasteiger partial charge in [-0.15, -0.1) is 0 Å². The molecule has 3 aromatic rings. The summed E-state index contributed by atoms with van der Waals surface area (Å²) in [4.78, 5) is 0. The molecule has 5 heteroatoms. The zero-order valence-electron chi connectivity index (χ0n) is 11.6. The summed E-state index contributed by atoms with van der Waals surface area (Å²) in [5, 5.41) is 15.3. The minimum Gasteiger partial charge on any atom is -0.382 e. The second kappa shape index (κ2) is 4.93. The van der Waals surface area contributed by atoms with Crippen LogP contribution in [0.1, 0.15) is 22.9 Å². The molecule has 0 aliphatic heterocycles. The number of benzene rings is 2. The monoisotopic (exact) mass is 288 g/mol. The molecule has 1 N–H and O–H groups in total. The number of fused-ring (bicyclic) bond motifs is 1. The number of aliphatic hydroxyl groups excluding tert-OH is 1. The average Bonchev–Trinajstić information content (AvgIpc) is 2.81. The van der Waals surface area contributed by atoms with E-state index in [1.165, 1.54) is 13.0 Å². The first-order chi connectivity index (χ1) is 10.0. The standard InChI is InChI=1S/C16H14F2N2O/c1-9-7-8-11(17)13(14(9)18)16(21)15-10-5-3-4-6-12(10)20(2)19-15/h3-8,16,21H,1-2H3. The lowest BCUT2D eigenvalue weighted by molar-refractivity contribution is 0.204. The number of rotatable bonds is 2. The van der Waals surface area contributed by atoms with Crippen molar-refractivity contribution in [2.75, 3.05) is 0 Å². The fraction of sp³-hybridized carbons (Fsp3) is 0.188. The van der Waals surface area contributed by atoms with Gasteiger partial charge in [-0.2, -0.15) is 5.10 Å². The zero-order chi connectivity index (χ0) is 15.1. The molecule has 21 heavy (non-hydrogen) atoms. The Kier molecular flexibility index (Phi) is 3.22. The van der Waals surface area contributed by atoms with Gasteiger partial charge >= 0.3 is 0 Å². The topological polar surface area (TPSA) is 38.1 Å². The summed E-state index contributed by atoms with van der Waals surface area (Å²) in [5.74, 6) is -1.52. The second-order valence-corrected chi connectivity index (χ2v) is 5.02. The first-order valence-electron chi connectivity index (χ1n) is 6.55. The number of aliphatic hydroxyl groups is 1. The minimum atomic E-state index is -1.45. The van der Waals surface area contributed by atoms with Crippen LogP contribution < -0.4 is 0 Å². The molecular formula is C16H14F2N2O. The van der Waals surface area contributed by atoms with Crippen LogP contribution in [0.5, 0.6) is 0 Å². The van der Waals surface area contributed by atoms with Crippen LogP contribution in [0.4, 0.5) is 8.78 Å². The van der Waals surface area contributed by atoms with E-state index in [-0.39, 0.29) is 16.8 Å². The van der Waals surface area contributed by atoms with E-state index >= 15 is 0 Å². The Morgan fingerprint density at radius 3 is 2.62 bits per heavy atom. The molecule has 0 bridgehead atoms. The van der Waals surface area contributed by atoms with E-state index < -0.39 is 17.7 Å². The van der Waals surface area contributed by atoms with E-state index in [2.05, 4.69) is 5.10 Å². The van der Waals surface area contributed by atoms with Crippen molar-refractivity contribution in [3.8, 4) is 0 Å². The molecule has 0 amide bonds. The Morgan fingerprint density at radius 1 is 1.14 bits per heavy atom. The van der Waals surface area contributed by atoms with Crippen molar-refractivity contribution < 1.29 is 13.9 Å². The van der Waals surface area contributed by atoms with Gasteiger partial charge in [-0.05, 0) is 24.6 Å². The maximum Gasteiger partial charge on any atom is 0.135 e. The van der Waals surface area contributed by atoms with Crippen molar-refractivity contribution in [2.24, 2.45) is 7.05 Å². The van der Waals surface area contributed by atoms with Gasteiger partial charge in [-0.25, -0.2) is 8.78 Å². The van der Waals surface area contributed by atoms with E-state index in [4.69, 9.17) is 0 Å². The van der Waals surface area contributed by atoms with E-state index in [1.807, 2.05) is 12.1 Å². The fourth-order valence-electron chi connectivity index (χ4n) is 2.51. The van der Waals surface area contributed by atoms with Gasteiger partial charge < -0.3 is 5.11 Å². The largest absolute Gasteiger partial charge is 0.382 e. The highest BCUT2D eigenvalue weighted by Gasteiger charge is 2.25. The second-order valence-electron chi connectivity index (χ2n) is 5.02. The van der Waals surface area contributed by atoms with Crippen molar-refractivity contribution in [1.29, 1.82) is 0 Å². The fourth-order valence-corrected chi connectivity index (χ4v) is 2.51. The molecule has 0 saturated heterocycles. The third kappa shape index (κ3) is 2.10. The maximum absolute atomic E-state index is 14.2. The van der Waals surface area contributed by atoms with Crippen LogP contribution in [0.15, 0.2) is 36.4 Å². The van der Waals surface area contributed by atoms with Gasteiger partial charge in [0, 0.05) is 12.4 Å². The Hall–Kier alpha value is -2.27. The predicted molar refractivity (Wildman–Crippen MR) is 75.9 cm³/mol. The third-order valence-corrected chi connectivity index (χ3v) is 3.64. The summed E-state index contributed by atoms with van der Waals surface area (Å²) in [5.41, 5.74) is 0.959. The van der Waals surface area contributed by atoms with Gasteiger partial charge in [0.05, 0.1) is 11.1 Å². The summed E-state index contributed by atoms with van der Waals surface area (Å²) in [6, 6.07) is 9.74. The predicted octanol–water partition coefficient (Wildman–Crippen LogP) is 3.24. The zero-order valence-corrected chi connectivity index (χ0v) is 11.6. The molecule has 1 heterocycles. The van der Waals surface area contributed by atoms with E-state index in [1.54, 1.807) is 23.9 Å². The molecule has 0 aliphatic rings. The number of aryl methyl sites for hydroxylation is 2. The van der Waals surface area contributed by atoms with Crippen molar-refractivity contribution in [1.82, 2.24) is 9.78 Å². The highest BCUT2D eigenvalue weighted by molar-refractivity contribution is 5.82. The van der Waals surface area contributed by atoms with Crippen molar-refractivity contribution in [2.45, 2.75) is 13.0 Å². The quantitative estimate of drug-likeness (QED) is 0.786. The molecular weight excluding hydrogens is 274 g/mol. The highest BCUT2D eigenvalue weighted by Crippen LogP contribution is 2.31. The number of aromatic nitrogens is 2. The normalized spacial score (nSPS) is 12.8. The number of para-hydroxylation sites is 1. The maximum atomic E-state index is 14.2. The van der Waals surface area contributed by atoms with Crippen molar-refractivity contribution in [3.63, 3.8) is 0 Å². The van der Waals surface area contributed by atoms with Crippen LogP contribution in [-0.4, -0.2) is 14.9 Å². The van der Waals surface area contributed by atoms with Crippen molar-refractivity contribution >= 4 is 10.9 Å². The molecule has 1 atom stereocenters. The van der Waals surface area contributed by atoms with Gasteiger partial charge in [0.2, 0.25) is 0 Å². The summed E-state index contributed by atoms with van der Waals surface area (Å²) < 4.78 is 29.7. The molecule has 0 saturated carbocycles. The van der Waals surface area contributed by atoms with Crippen LogP contribution in [-0.2, 0) is 7.05 Å². The van der Waals surface area contributed by atoms with Gasteiger partial charge in [-0.3, -0.25) is 4.68 Å². The van der Waals surface area contributed by atoms with E-state index in [0.29, 0.717) is 5.39 Å². The Labute approximate surface area is 120 Å². The molecule has 1 unspecified atom stereocenters. The summed E-state index contributed by atoms with van der Waals surface area (Å²) in [6.07, 6.45) is -1.45. The molecule has 1 aromatic heterocycles. The van der Waals surface area contributed by atoms with Crippen LogP contribution in [0.3, 0.4) is 0 Å². The summed E-state index contributed by atoms with van der Waals surface area (Å²) in [6.45, 7) is 1.53. The highest BCUT2D eigenvalue weighted by atomic mass is 19.1. The number of nitrogens with zero attached hydrogens (tertiary/aromatic N) is 2. The van der Waals surface area contributed by atoms with Crippen LogP contribution in [0.25, 0.3) is 10.9 Å². The van der Waals surface area contributed by atoms with Gasteiger partial charge in [0.25, 0.3) is 0 Å². The summed E-state index contributed by atoms with van der Waals surface area (Å²) in [7, 11) is 1.72. The lowest BCUT2D eigenvalue weighted by Crippen LogP contribution is -2.08. The average molecular weight is 288 g/mol. The molecule has 0 aliphatic carbocycles. The third-order valence-electron chi connectivity index (χ3n) is 3.64. The smallest absolute Gasteiger partial charge is 0.135 e. The van der Waals surface area contributed by atoms with Crippen LogP contribution >= 0.6 is 0 Å². The van der Waals surface area contributed by atoms with Gasteiger partial charge in [0.15, 0.2) is 0 Å². The van der Waals surface area contributed by atoms with Crippen LogP contribution in [0, 0.1) is 18.6 Å². The number of hydrogen-bond acceptors (Lipinski definition) is 2. The first kappa shape index (κ1) is 13.7. The lowest BCUT2D eigenvalue weighted by Gasteiger charge is -2.12. The SMILES string of the molecule is Cc1ccc(F)c(C(O)c2nn(C)c3ccccc23)c1F. The lowest BCUT2D eigenvalue weighted by atomic mass is 10.0. The van der Waals surface area contributed by atoms with Gasteiger partial charge in [0.1, 0.15) is 23.4 Å². The molecule has 3 nitrogen and oxygen atoms in total. The Bertz CT molecular complexity index is 827.